The minimum atomic E-state index is -0.792. The summed E-state index contributed by atoms with van der Waals surface area (Å²) in [6.45, 7) is 1.36. The highest BCUT2D eigenvalue weighted by molar-refractivity contribution is 5.95. The van der Waals surface area contributed by atoms with Crippen LogP contribution in [0, 0.1) is 17.0 Å². The second-order valence-electron chi connectivity index (χ2n) is 5.51. The molecule has 0 saturated heterocycles. The number of ether oxygens (including phenoxy) is 2. The van der Waals surface area contributed by atoms with E-state index in [0.717, 1.165) is 11.6 Å². The number of carbonyl (C=O) groups excluding carboxylic acids is 2. The third kappa shape index (κ3) is 5.67. The average Bonchev–Trinajstić information content (AvgIpc) is 2.65. The van der Waals surface area contributed by atoms with Gasteiger partial charge in [0.05, 0.1) is 23.3 Å². The van der Waals surface area contributed by atoms with Crippen molar-refractivity contribution in [3.63, 3.8) is 0 Å². The Balaban J connectivity index is 1.93. The summed E-state index contributed by atoms with van der Waals surface area (Å²) in [5.74, 6) is -0.845. The molecule has 0 aliphatic carbocycles. The van der Waals surface area contributed by atoms with Crippen LogP contribution in [0.2, 0.25) is 0 Å². The monoisotopic (exact) mass is 370 g/mol. The number of hydrogen-bond acceptors (Lipinski definition) is 6. The summed E-state index contributed by atoms with van der Waals surface area (Å²) in [6.07, 6.45) is 2.30. The third-order valence-corrected chi connectivity index (χ3v) is 3.51. The van der Waals surface area contributed by atoms with Gasteiger partial charge in [0.25, 0.3) is 11.6 Å². The van der Waals surface area contributed by atoms with Crippen LogP contribution in [0.3, 0.4) is 0 Å². The van der Waals surface area contributed by atoms with Gasteiger partial charge in [0.2, 0.25) is 0 Å². The van der Waals surface area contributed by atoms with Gasteiger partial charge in [-0.05, 0) is 36.8 Å². The molecule has 0 heterocycles. The Morgan fingerprint density at radius 2 is 1.96 bits per heavy atom. The number of carbonyl (C=O) groups is 2. The molecule has 0 aliphatic rings. The van der Waals surface area contributed by atoms with Crippen LogP contribution < -0.4 is 10.1 Å². The second-order valence-corrected chi connectivity index (χ2v) is 5.51. The number of para-hydroxylation sites is 1. The molecule has 0 spiro atoms. The van der Waals surface area contributed by atoms with E-state index >= 15 is 0 Å². The number of esters is 1. The maximum atomic E-state index is 12.0. The molecule has 0 atom stereocenters. The maximum Gasteiger partial charge on any atom is 0.331 e. The summed E-state index contributed by atoms with van der Waals surface area (Å²) in [5.41, 5.74) is 1.52. The van der Waals surface area contributed by atoms with Crippen molar-refractivity contribution in [1.29, 1.82) is 0 Å². The molecular weight excluding hydrogens is 352 g/mol. The van der Waals surface area contributed by atoms with Crippen molar-refractivity contribution in [2.45, 2.75) is 6.92 Å². The summed E-state index contributed by atoms with van der Waals surface area (Å²) in [7, 11) is 1.48. The van der Waals surface area contributed by atoms with E-state index in [-0.39, 0.29) is 11.3 Å². The van der Waals surface area contributed by atoms with Crippen molar-refractivity contribution in [1.82, 2.24) is 0 Å². The van der Waals surface area contributed by atoms with Gasteiger partial charge in [0.1, 0.15) is 5.75 Å². The topological polar surface area (TPSA) is 108 Å². The van der Waals surface area contributed by atoms with Crippen LogP contribution in [0.5, 0.6) is 5.75 Å². The minimum absolute atomic E-state index is 0.133. The normalized spacial score (nSPS) is 10.4. The number of hydrogen-bond donors (Lipinski definition) is 1. The first kappa shape index (κ1) is 19.6. The molecule has 0 unspecified atom stereocenters. The zero-order valence-electron chi connectivity index (χ0n) is 14.8. The van der Waals surface area contributed by atoms with Crippen LogP contribution in [0.1, 0.15) is 11.1 Å². The van der Waals surface area contributed by atoms with Gasteiger partial charge in [-0.2, -0.15) is 0 Å². The number of methoxy groups -OCH3 is 1. The molecule has 8 heteroatoms. The van der Waals surface area contributed by atoms with Crippen molar-refractivity contribution >= 4 is 29.3 Å². The summed E-state index contributed by atoms with van der Waals surface area (Å²) in [6, 6.07) is 11.2. The van der Waals surface area contributed by atoms with Gasteiger partial charge < -0.3 is 14.8 Å². The third-order valence-electron chi connectivity index (χ3n) is 3.51. The molecule has 0 aromatic heterocycles. The Morgan fingerprint density at radius 1 is 1.22 bits per heavy atom. The Labute approximate surface area is 155 Å². The van der Waals surface area contributed by atoms with E-state index in [9.17, 15) is 19.7 Å². The number of anilines is 1. The first-order chi connectivity index (χ1) is 12.9. The summed E-state index contributed by atoms with van der Waals surface area (Å²) >= 11 is 0. The first-order valence-corrected chi connectivity index (χ1v) is 7.93. The molecule has 1 N–H and O–H groups in total. The van der Waals surface area contributed by atoms with Crippen molar-refractivity contribution < 1.29 is 24.0 Å². The van der Waals surface area contributed by atoms with Crippen molar-refractivity contribution in [2.75, 3.05) is 19.0 Å². The van der Waals surface area contributed by atoms with Gasteiger partial charge in [-0.3, -0.25) is 14.9 Å². The Morgan fingerprint density at radius 3 is 2.67 bits per heavy atom. The van der Waals surface area contributed by atoms with Crippen molar-refractivity contribution in [2.24, 2.45) is 0 Å². The van der Waals surface area contributed by atoms with Crippen LogP contribution in [0.15, 0.2) is 48.5 Å². The van der Waals surface area contributed by atoms with Crippen LogP contribution >= 0.6 is 0 Å². The molecule has 0 aliphatic heterocycles. The van der Waals surface area contributed by atoms with E-state index in [4.69, 9.17) is 9.47 Å². The smallest absolute Gasteiger partial charge is 0.331 e. The molecule has 2 aromatic rings. The predicted octanol–water partition coefficient (Wildman–Crippen LogP) is 3.11. The molecule has 0 saturated carbocycles. The van der Waals surface area contributed by atoms with E-state index in [0.29, 0.717) is 11.4 Å². The molecule has 0 bridgehead atoms. The number of nitro groups is 1. The minimum Gasteiger partial charge on any atom is -0.495 e. The van der Waals surface area contributed by atoms with Crippen LogP contribution in [0.25, 0.3) is 6.08 Å². The molecule has 8 nitrogen and oxygen atoms in total. The molecule has 0 fully saturated rings. The summed E-state index contributed by atoms with van der Waals surface area (Å²) < 4.78 is 10.0. The summed E-state index contributed by atoms with van der Waals surface area (Å²) in [4.78, 5) is 34.1. The van der Waals surface area contributed by atoms with E-state index in [2.05, 4.69) is 5.32 Å². The van der Waals surface area contributed by atoms with Crippen molar-refractivity contribution in [3.05, 3.63) is 69.8 Å². The molecule has 0 radical (unpaired) electrons. The van der Waals surface area contributed by atoms with E-state index < -0.39 is 23.4 Å². The molecule has 2 aromatic carbocycles. The number of aryl methyl sites for hydroxylation is 1. The lowest BCUT2D eigenvalue weighted by molar-refractivity contribution is -0.385. The standard InChI is InChI=1S/C19H18N2O6/c1-13-7-9-17(26-2)15(11-13)20-18(22)12-27-19(23)10-8-14-5-3-4-6-16(14)21(24)25/h3-11H,12H2,1-2H3,(H,20,22)/b10-8+. The molecule has 27 heavy (non-hydrogen) atoms. The van der Waals surface area contributed by atoms with Crippen LogP contribution in [-0.4, -0.2) is 30.5 Å². The number of nitro benzene ring substituents is 1. The van der Waals surface area contributed by atoms with Crippen LogP contribution in [0.4, 0.5) is 11.4 Å². The zero-order chi connectivity index (χ0) is 19.8. The fourth-order valence-corrected chi connectivity index (χ4v) is 2.24. The Kier molecular flexibility index (Phi) is 6.65. The lowest BCUT2D eigenvalue weighted by Gasteiger charge is -2.10. The lowest BCUT2D eigenvalue weighted by Crippen LogP contribution is -2.20. The maximum absolute atomic E-state index is 12.0. The van der Waals surface area contributed by atoms with Crippen LogP contribution in [-0.2, 0) is 14.3 Å². The SMILES string of the molecule is COc1ccc(C)cc1NC(=O)COC(=O)/C=C/c1ccccc1[N+](=O)[O-]. The van der Waals surface area contributed by atoms with Gasteiger partial charge >= 0.3 is 5.97 Å². The second kappa shape index (κ2) is 9.14. The highest BCUT2D eigenvalue weighted by Gasteiger charge is 2.12. The van der Waals surface area contributed by atoms with Gasteiger partial charge in [0.15, 0.2) is 6.61 Å². The molecule has 2 rings (SSSR count). The Hall–Kier alpha value is -3.68. The first-order valence-electron chi connectivity index (χ1n) is 7.93. The summed E-state index contributed by atoms with van der Waals surface area (Å²) in [5, 5.41) is 13.5. The van der Waals surface area contributed by atoms with E-state index in [1.54, 1.807) is 18.2 Å². The molecule has 1 amide bonds. The predicted molar refractivity (Wildman–Crippen MR) is 99.5 cm³/mol. The van der Waals surface area contributed by atoms with Crippen molar-refractivity contribution in [3.8, 4) is 5.75 Å². The number of benzene rings is 2. The van der Waals surface area contributed by atoms with E-state index in [1.807, 2.05) is 13.0 Å². The fourth-order valence-electron chi connectivity index (χ4n) is 2.24. The van der Waals surface area contributed by atoms with Gasteiger partial charge in [0, 0.05) is 12.1 Å². The highest BCUT2D eigenvalue weighted by atomic mass is 16.6. The van der Waals surface area contributed by atoms with Gasteiger partial charge in [-0.15, -0.1) is 0 Å². The number of nitrogens with zero attached hydrogens (tertiary/aromatic N) is 1. The molecular formula is C19H18N2O6. The Bertz CT molecular complexity index is 892. The number of nitrogens with one attached hydrogen (secondary N) is 1. The number of rotatable bonds is 7. The zero-order valence-corrected chi connectivity index (χ0v) is 14.8. The highest BCUT2D eigenvalue weighted by Crippen LogP contribution is 2.25. The quantitative estimate of drug-likeness (QED) is 0.347. The van der Waals surface area contributed by atoms with Gasteiger partial charge in [-0.1, -0.05) is 18.2 Å². The average molecular weight is 370 g/mol. The van der Waals surface area contributed by atoms with E-state index in [1.165, 1.54) is 31.4 Å². The largest absolute Gasteiger partial charge is 0.495 e. The fraction of sp³-hybridized carbons (Fsp3) is 0.158. The number of amides is 1. The van der Waals surface area contributed by atoms with Gasteiger partial charge in [-0.25, -0.2) is 4.79 Å². The molecule has 140 valence electrons. The lowest BCUT2D eigenvalue weighted by atomic mass is 10.1.